The van der Waals surface area contributed by atoms with E-state index in [1.54, 1.807) is 6.92 Å². The van der Waals surface area contributed by atoms with Gasteiger partial charge in [0.2, 0.25) is 0 Å². The van der Waals surface area contributed by atoms with Crippen LogP contribution in [0.4, 0.5) is 23.0 Å². The van der Waals surface area contributed by atoms with E-state index in [1.807, 2.05) is 24.3 Å². The van der Waals surface area contributed by atoms with Crippen molar-refractivity contribution in [3.8, 4) is 0 Å². The van der Waals surface area contributed by atoms with E-state index >= 15 is 0 Å². The number of benzene rings is 1. The number of thiophene rings is 1. The van der Waals surface area contributed by atoms with Gasteiger partial charge in [-0.3, -0.25) is 14.6 Å². The van der Waals surface area contributed by atoms with Gasteiger partial charge in [0.1, 0.15) is 9.90 Å². The Morgan fingerprint density at radius 3 is 2.56 bits per heavy atom. The van der Waals surface area contributed by atoms with Crippen molar-refractivity contribution < 1.29 is 31.2 Å². The number of aromatic nitrogens is 1. The van der Waals surface area contributed by atoms with Crippen LogP contribution in [0.2, 0.25) is 0 Å². The molecule has 0 saturated carbocycles. The highest BCUT2D eigenvalue weighted by molar-refractivity contribution is 7.93. The Morgan fingerprint density at radius 1 is 1.18 bits per heavy atom. The molecule has 2 aromatic heterocycles. The lowest BCUT2D eigenvalue weighted by atomic mass is 10.2. The monoisotopic (exact) mass is 514 g/mol. The smallest absolute Gasteiger partial charge is 0.351 e. The maximum atomic E-state index is 13.6. The number of hydrogen-bond donors (Lipinski definition) is 2. The Labute approximate surface area is 197 Å². The first-order valence-electron chi connectivity index (χ1n) is 10.3. The zero-order valence-corrected chi connectivity index (χ0v) is 19.6. The van der Waals surface area contributed by atoms with Crippen LogP contribution in [0.5, 0.6) is 0 Å². The van der Waals surface area contributed by atoms with E-state index in [1.165, 1.54) is 27.8 Å². The van der Waals surface area contributed by atoms with E-state index in [9.17, 15) is 26.4 Å². The highest BCUT2D eigenvalue weighted by Crippen LogP contribution is 2.40. The second-order valence-corrected chi connectivity index (χ2v) is 10.6. The minimum Gasteiger partial charge on any atom is -0.351 e. The molecule has 1 aromatic carbocycles. The van der Waals surface area contributed by atoms with Gasteiger partial charge in [0.15, 0.2) is 6.17 Å². The molecule has 0 bridgehead atoms. The predicted octanol–water partition coefficient (Wildman–Crippen LogP) is 4.78. The molecule has 0 aliphatic carbocycles. The average molecular weight is 515 g/mol. The van der Waals surface area contributed by atoms with Gasteiger partial charge in [-0.1, -0.05) is 18.2 Å². The lowest BCUT2D eigenvalue weighted by Crippen LogP contribution is -2.32. The van der Waals surface area contributed by atoms with Gasteiger partial charge in [0.25, 0.3) is 10.0 Å². The lowest BCUT2D eigenvalue weighted by Gasteiger charge is -2.24. The van der Waals surface area contributed by atoms with Crippen LogP contribution < -0.4 is 15.1 Å². The number of nitrogens with one attached hydrogen (secondary N) is 2. The summed E-state index contributed by atoms with van der Waals surface area (Å²) in [7, 11) is -4.13. The van der Waals surface area contributed by atoms with Crippen LogP contribution in [0, 0.1) is 6.92 Å². The first kappa shape index (κ1) is 24.2. The molecule has 4 rings (SSSR count). The molecule has 1 fully saturated rings. The van der Waals surface area contributed by atoms with Crippen molar-refractivity contribution >= 4 is 42.5 Å². The number of alkyl halides is 3. The number of carbonyl (C=O) groups is 1. The molecule has 2 N–H and O–H groups in total. The number of nitrogens with zero attached hydrogens (tertiary/aromatic N) is 2. The maximum Gasteiger partial charge on any atom is 0.427 e. The van der Waals surface area contributed by atoms with Crippen LogP contribution in [-0.4, -0.2) is 32.2 Å². The molecular formula is C21H21F3N4O4S2. The number of hydroxylamine groups is 1. The van der Waals surface area contributed by atoms with E-state index in [-0.39, 0.29) is 24.3 Å². The zero-order chi connectivity index (χ0) is 24.5. The minimum absolute atomic E-state index is 0.0350. The fraction of sp³-hybridized carbons (Fsp3) is 0.333. The summed E-state index contributed by atoms with van der Waals surface area (Å²) in [6.45, 7) is 1.68. The van der Waals surface area contributed by atoms with Gasteiger partial charge in [-0.25, -0.2) is 13.2 Å². The molecule has 1 unspecified atom stereocenters. The molecule has 8 nitrogen and oxygen atoms in total. The fourth-order valence-corrected chi connectivity index (χ4v) is 6.53. The van der Waals surface area contributed by atoms with Gasteiger partial charge in [0, 0.05) is 23.9 Å². The Balaban J connectivity index is 1.65. The van der Waals surface area contributed by atoms with Crippen molar-refractivity contribution in [1.82, 2.24) is 15.8 Å². The van der Waals surface area contributed by atoms with Crippen LogP contribution in [0.25, 0.3) is 10.1 Å². The second kappa shape index (κ2) is 9.39. The molecule has 0 radical (unpaired) electrons. The number of amides is 1. The average Bonchev–Trinajstić information content (AvgIpc) is 3.36. The summed E-state index contributed by atoms with van der Waals surface area (Å²) in [5, 5.41) is 3.80. The first-order valence-corrected chi connectivity index (χ1v) is 12.6. The Kier molecular flexibility index (Phi) is 6.69. The molecule has 0 spiro atoms. The topological polar surface area (TPSA) is 101 Å². The van der Waals surface area contributed by atoms with Crippen LogP contribution in [0.15, 0.2) is 47.5 Å². The number of carbonyl (C=O) groups excluding carboxylic acids is 1. The Bertz CT molecular complexity index is 1290. The summed E-state index contributed by atoms with van der Waals surface area (Å²) in [4.78, 5) is 19.8. The number of aryl methyl sites for hydroxylation is 1. The third kappa shape index (κ3) is 5.10. The molecular weight excluding hydrogens is 493 g/mol. The molecule has 182 valence electrons. The highest BCUT2D eigenvalue weighted by Gasteiger charge is 2.31. The molecule has 3 heterocycles. The minimum atomic E-state index is -4.30. The number of halogens is 3. The first-order chi connectivity index (χ1) is 16.1. The van der Waals surface area contributed by atoms with Gasteiger partial charge in [-0.05, 0) is 48.9 Å². The molecule has 1 saturated heterocycles. The normalized spacial score (nSPS) is 16.5. The maximum absolute atomic E-state index is 13.6. The van der Waals surface area contributed by atoms with Crippen LogP contribution in [0.1, 0.15) is 36.7 Å². The number of unbranched alkanes of at least 4 members (excludes halogenated alkanes) is 1. The van der Waals surface area contributed by atoms with E-state index in [4.69, 9.17) is 0 Å². The molecule has 1 atom stereocenters. The molecule has 1 aliphatic rings. The van der Waals surface area contributed by atoms with Gasteiger partial charge in [-0.2, -0.15) is 13.2 Å². The quantitative estimate of drug-likeness (QED) is 0.420. The van der Waals surface area contributed by atoms with E-state index in [0.29, 0.717) is 10.7 Å². The lowest BCUT2D eigenvalue weighted by molar-refractivity contribution is -0.135. The van der Waals surface area contributed by atoms with Crippen molar-refractivity contribution in [1.29, 1.82) is 0 Å². The van der Waals surface area contributed by atoms with Gasteiger partial charge >= 0.3 is 12.3 Å². The molecule has 1 aliphatic heterocycles. The number of anilines is 1. The van der Waals surface area contributed by atoms with Crippen LogP contribution in [0.3, 0.4) is 0 Å². The van der Waals surface area contributed by atoms with E-state index < -0.39 is 34.9 Å². The van der Waals surface area contributed by atoms with E-state index in [2.05, 4.69) is 20.6 Å². The summed E-state index contributed by atoms with van der Waals surface area (Å²) in [5.41, 5.74) is 3.49. The molecule has 3 aromatic rings. The summed E-state index contributed by atoms with van der Waals surface area (Å²) in [6.07, 6.45) is -5.70. The Morgan fingerprint density at radius 2 is 1.94 bits per heavy atom. The summed E-state index contributed by atoms with van der Waals surface area (Å²) < 4.78 is 67.1. The van der Waals surface area contributed by atoms with Gasteiger partial charge in [-0.15, -0.1) is 16.8 Å². The van der Waals surface area contributed by atoms with Crippen molar-refractivity contribution in [2.24, 2.45) is 0 Å². The predicted molar refractivity (Wildman–Crippen MR) is 121 cm³/mol. The summed E-state index contributed by atoms with van der Waals surface area (Å²) in [5.74, 6) is 0. The Hall–Kier alpha value is -2.90. The summed E-state index contributed by atoms with van der Waals surface area (Å²) >= 11 is 1.27. The zero-order valence-electron chi connectivity index (χ0n) is 17.9. The van der Waals surface area contributed by atoms with E-state index in [0.717, 1.165) is 21.8 Å². The van der Waals surface area contributed by atoms with Crippen molar-refractivity contribution in [3.63, 3.8) is 0 Å². The number of rotatable bonds is 8. The number of hydrogen-bond acceptors (Lipinski definition) is 7. The SMILES string of the molecule is Cc1c(N(CCCCC(F)(F)F)S(=O)(=O)c2ccc(C3NOC(=O)N3)nc2)sc2ccccc12. The second-order valence-electron chi connectivity index (χ2n) is 7.68. The standard InChI is InChI=1S/C21H21F3N4O4S2/c1-13-15-6-2-3-7-17(15)33-19(13)28(11-5-4-10-21(22,23)24)34(30,31)14-8-9-16(25-12-14)18-26-20(29)32-27-18/h2-3,6-9,12,18,27H,4-5,10-11H2,1H3,(H,26,29). The third-order valence-electron chi connectivity index (χ3n) is 5.29. The summed E-state index contributed by atoms with van der Waals surface area (Å²) in [6, 6.07) is 10.2. The van der Waals surface area contributed by atoms with Crippen LogP contribution >= 0.6 is 11.3 Å². The number of pyridine rings is 1. The molecule has 13 heteroatoms. The van der Waals surface area contributed by atoms with Crippen molar-refractivity contribution in [2.75, 3.05) is 10.8 Å². The molecule has 1 amide bonds. The van der Waals surface area contributed by atoms with Gasteiger partial charge in [0.05, 0.1) is 5.69 Å². The van der Waals surface area contributed by atoms with Crippen molar-refractivity contribution in [2.45, 2.75) is 43.4 Å². The number of fused-ring (bicyclic) bond motifs is 1. The van der Waals surface area contributed by atoms with Crippen LogP contribution in [-0.2, 0) is 14.9 Å². The largest absolute Gasteiger partial charge is 0.427 e. The van der Waals surface area contributed by atoms with Crippen molar-refractivity contribution in [3.05, 3.63) is 53.9 Å². The number of sulfonamides is 1. The highest BCUT2D eigenvalue weighted by atomic mass is 32.2. The fourth-order valence-electron chi connectivity index (χ4n) is 3.58. The molecule has 34 heavy (non-hydrogen) atoms. The van der Waals surface area contributed by atoms with Gasteiger partial charge < -0.3 is 4.84 Å². The third-order valence-corrected chi connectivity index (χ3v) is 8.49.